The van der Waals surface area contributed by atoms with Gasteiger partial charge in [0.25, 0.3) is 5.91 Å². The van der Waals surface area contributed by atoms with E-state index in [1.807, 2.05) is 36.4 Å². The fourth-order valence-corrected chi connectivity index (χ4v) is 5.64. The number of rotatable bonds is 3. The molecule has 7 heteroatoms. The minimum Gasteiger partial charge on any atom is -0.356 e. The number of benzene rings is 2. The molecule has 0 radical (unpaired) electrons. The standard InChI is InChI=1S/C28H35N5O2/c1-32(22-12-5-3-4-6-13-22)26-23-14-7-8-15-24(23)33(2)27(34)25(30-26)31-28(35)29-21-17-16-19-10-9-11-20(19)18-21/h7-8,14-18,22,25H,3-6,9-13H2,1-2H3,(H2,29,31,35). The molecule has 35 heavy (non-hydrogen) atoms. The molecule has 1 aliphatic heterocycles. The average molecular weight is 474 g/mol. The van der Waals surface area contributed by atoms with E-state index in [0.717, 1.165) is 54.9 Å². The average Bonchev–Trinajstić information content (AvgIpc) is 3.11. The molecule has 1 fully saturated rings. The molecule has 2 N–H and O–H groups in total. The molecule has 0 spiro atoms. The first-order valence-corrected chi connectivity index (χ1v) is 12.9. The second kappa shape index (κ2) is 10.1. The lowest BCUT2D eigenvalue weighted by Crippen LogP contribution is -2.48. The van der Waals surface area contributed by atoms with Crippen LogP contribution in [0.5, 0.6) is 0 Å². The van der Waals surface area contributed by atoms with Crippen molar-refractivity contribution in [2.75, 3.05) is 24.3 Å². The number of hydrogen-bond donors (Lipinski definition) is 2. The number of anilines is 2. The minimum absolute atomic E-state index is 0.259. The third kappa shape index (κ3) is 4.90. The van der Waals surface area contributed by atoms with E-state index in [1.54, 1.807) is 11.9 Å². The molecule has 1 heterocycles. The first-order valence-electron chi connectivity index (χ1n) is 12.9. The molecule has 5 rings (SSSR count). The molecule has 7 nitrogen and oxygen atoms in total. The van der Waals surface area contributed by atoms with Crippen LogP contribution in [-0.2, 0) is 17.6 Å². The van der Waals surface area contributed by atoms with Crippen LogP contribution in [0.4, 0.5) is 16.2 Å². The summed E-state index contributed by atoms with van der Waals surface area (Å²) in [6.07, 6.45) is 9.43. The van der Waals surface area contributed by atoms with E-state index in [0.29, 0.717) is 6.04 Å². The van der Waals surface area contributed by atoms with Gasteiger partial charge in [0.2, 0.25) is 6.17 Å². The van der Waals surface area contributed by atoms with Crippen LogP contribution in [0.25, 0.3) is 0 Å². The van der Waals surface area contributed by atoms with Crippen LogP contribution in [0.2, 0.25) is 0 Å². The lowest BCUT2D eigenvalue weighted by molar-refractivity contribution is -0.119. The van der Waals surface area contributed by atoms with Crippen molar-refractivity contribution in [3.8, 4) is 0 Å². The predicted octanol–water partition coefficient (Wildman–Crippen LogP) is 4.70. The Bertz CT molecular complexity index is 1140. The van der Waals surface area contributed by atoms with Gasteiger partial charge in [-0.15, -0.1) is 0 Å². The summed E-state index contributed by atoms with van der Waals surface area (Å²) in [5.74, 6) is 0.499. The number of carbonyl (C=O) groups is 2. The molecule has 2 aromatic rings. The zero-order chi connectivity index (χ0) is 24.4. The first-order chi connectivity index (χ1) is 17.0. The van der Waals surface area contributed by atoms with Crippen molar-refractivity contribution in [3.05, 3.63) is 59.2 Å². The number of para-hydroxylation sites is 1. The summed E-state index contributed by atoms with van der Waals surface area (Å²) in [7, 11) is 3.82. The lowest BCUT2D eigenvalue weighted by atomic mass is 10.0. The van der Waals surface area contributed by atoms with Gasteiger partial charge in [-0.1, -0.05) is 43.9 Å². The van der Waals surface area contributed by atoms with E-state index in [1.165, 1.54) is 36.8 Å². The van der Waals surface area contributed by atoms with Gasteiger partial charge >= 0.3 is 6.03 Å². The van der Waals surface area contributed by atoms with Crippen molar-refractivity contribution in [1.29, 1.82) is 0 Å². The summed E-state index contributed by atoms with van der Waals surface area (Å²) in [6, 6.07) is 13.8. The molecule has 1 atom stereocenters. The number of amides is 3. The number of fused-ring (bicyclic) bond motifs is 2. The topological polar surface area (TPSA) is 77.0 Å². The van der Waals surface area contributed by atoms with Crippen LogP contribution < -0.4 is 15.5 Å². The Kier molecular flexibility index (Phi) is 6.75. The molecule has 1 unspecified atom stereocenters. The molecule has 2 aromatic carbocycles. The summed E-state index contributed by atoms with van der Waals surface area (Å²) in [4.78, 5) is 35.1. The van der Waals surface area contributed by atoms with Crippen LogP contribution in [-0.4, -0.2) is 49.0 Å². The minimum atomic E-state index is -1.01. The summed E-state index contributed by atoms with van der Waals surface area (Å²) >= 11 is 0. The molecule has 0 aromatic heterocycles. The monoisotopic (exact) mass is 473 g/mol. The smallest absolute Gasteiger partial charge is 0.321 e. The van der Waals surface area contributed by atoms with Gasteiger partial charge in [0.05, 0.1) is 5.69 Å². The van der Waals surface area contributed by atoms with E-state index >= 15 is 0 Å². The zero-order valence-electron chi connectivity index (χ0n) is 20.7. The highest BCUT2D eigenvalue weighted by atomic mass is 16.2. The van der Waals surface area contributed by atoms with E-state index in [2.05, 4.69) is 28.6 Å². The van der Waals surface area contributed by atoms with Gasteiger partial charge in [0, 0.05) is 31.4 Å². The molecule has 3 amide bonds. The van der Waals surface area contributed by atoms with Gasteiger partial charge in [0.1, 0.15) is 5.84 Å². The third-order valence-electron chi connectivity index (χ3n) is 7.65. The highest BCUT2D eigenvalue weighted by molar-refractivity contribution is 6.12. The Balaban J connectivity index is 1.41. The van der Waals surface area contributed by atoms with Gasteiger partial charge in [0.15, 0.2) is 0 Å². The highest BCUT2D eigenvalue weighted by Gasteiger charge is 2.33. The number of nitrogens with zero attached hydrogens (tertiary/aromatic N) is 3. The second-order valence-corrected chi connectivity index (χ2v) is 9.96. The largest absolute Gasteiger partial charge is 0.356 e. The number of urea groups is 1. The van der Waals surface area contributed by atoms with Gasteiger partial charge in [-0.3, -0.25) is 4.79 Å². The molecule has 184 valence electrons. The maximum atomic E-state index is 13.4. The fraction of sp³-hybridized carbons (Fsp3) is 0.464. The number of hydrogen-bond acceptors (Lipinski definition) is 4. The quantitative estimate of drug-likeness (QED) is 0.635. The van der Waals surface area contributed by atoms with Crippen LogP contribution in [0.1, 0.15) is 61.6 Å². The Morgan fingerprint density at radius 3 is 2.54 bits per heavy atom. The maximum absolute atomic E-state index is 13.4. The van der Waals surface area contributed by atoms with E-state index in [9.17, 15) is 9.59 Å². The van der Waals surface area contributed by atoms with E-state index in [-0.39, 0.29) is 5.91 Å². The third-order valence-corrected chi connectivity index (χ3v) is 7.65. The summed E-state index contributed by atoms with van der Waals surface area (Å²) in [5.41, 5.74) is 5.10. The Hall–Kier alpha value is -3.35. The van der Waals surface area contributed by atoms with Crippen LogP contribution >= 0.6 is 0 Å². The number of carbonyl (C=O) groups excluding carboxylic acids is 2. The fourth-order valence-electron chi connectivity index (χ4n) is 5.64. The zero-order valence-corrected chi connectivity index (χ0v) is 20.7. The van der Waals surface area contributed by atoms with E-state index in [4.69, 9.17) is 4.99 Å². The van der Waals surface area contributed by atoms with Crippen molar-refractivity contribution >= 4 is 29.1 Å². The Labute approximate surface area is 207 Å². The predicted molar refractivity (Wildman–Crippen MR) is 140 cm³/mol. The Morgan fingerprint density at radius 2 is 1.74 bits per heavy atom. The first kappa shape index (κ1) is 23.4. The van der Waals surface area contributed by atoms with Gasteiger partial charge in [-0.05, 0) is 67.5 Å². The summed E-state index contributed by atoms with van der Waals surface area (Å²) < 4.78 is 0. The molecule has 1 saturated carbocycles. The van der Waals surface area contributed by atoms with Crippen LogP contribution in [0.3, 0.4) is 0 Å². The van der Waals surface area contributed by atoms with Crippen LogP contribution in [0.15, 0.2) is 47.5 Å². The summed E-state index contributed by atoms with van der Waals surface area (Å²) in [6.45, 7) is 0. The van der Waals surface area contributed by atoms with Gasteiger partial charge in [-0.2, -0.15) is 0 Å². The van der Waals surface area contributed by atoms with Gasteiger partial charge < -0.3 is 20.4 Å². The number of aliphatic imine (C=N–C) groups is 1. The molecular weight excluding hydrogens is 438 g/mol. The molecule has 0 bridgehead atoms. The van der Waals surface area contributed by atoms with Crippen molar-refractivity contribution < 1.29 is 9.59 Å². The van der Waals surface area contributed by atoms with Crippen molar-refractivity contribution in [2.24, 2.45) is 4.99 Å². The number of nitrogens with one attached hydrogen (secondary N) is 2. The lowest BCUT2D eigenvalue weighted by Gasteiger charge is -2.31. The number of aryl methyl sites for hydroxylation is 2. The SMILES string of the molecule is CN1C(=O)C(NC(=O)Nc2ccc3c(c2)CCC3)N=C(N(C)C2CCCCCC2)c2ccccc21. The Morgan fingerprint density at radius 1 is 1.00 bits per heavy atom. The van der Waals surface area contributed by atoms with Crippen molar-refractivity contribution in [3.63, 3.8) is 0 Å². The molecular formula is C28H35N5O2. The number of benzodiazepines with no additional fused rings is 1. The molecule has 3 aliphatic rings. The normalized spacial score (nSPS) is 20.3. The summed E-state index contributed by atoms with van der Waals surface area (Å²) in [5, 5.41) is 5.74. The number of likely N-dealkylation sites (N-methyl/N-ethyl adjacent to an activating group) is 1. The van der Waals surface area contributed by atoms with Gasteiger partial charge in [-0.25, -0.2) is 9.79 Å². The van der Waals surface area contributed by atoms with Crippen molar-refractivity contribution in [1.82, 2.24) is 10.2 Å². The molecule has 0 saturated heterocycles. The second-order valence-electron chi connectivity index (χ2n) is 9.96. The van der Waals surface area contributed by atoms with Crippen LogP contribution in [0, 0.1) is 0 Å². The van der Waals surface area contributed by atoms with E-state index < -0.39 is 12.2 Å². The highest BCUT2D eigenvalue weighted by Crippen LogP contribution is 2.29. The molecule has 2 aliphatic carbocycles. The number of amidine groups is 1. The maximum Gasteiger partial charge on any atom is 0.321 e. The van der Waals surface area contributed by atoms with Crippen molar-refractivity contribution in [2.45, 2.75) is 70.0 Å².